The zero-order valence-corrected chi connectivity index (χ0v) is 19.2. The molecule has 1 saturated heterocycles. The minimum atomic E-state index is -0.235. The Kier molecular flexibility index (Phi) is 5.72. The molecule has 3 aromatic carbocycles. The quantitative estimate of drug-likeness (QED) is 0.539. The van der Waals surface area contributed by atoms with E-state index in [1.54, 1.807) is 30.0 Å². The van der Waals surface area contributed by atoms with E-state index < -0.39 is 0 Å². The molecule has 5 rings (SSSR count). The van der Waals surface area contributed by atoms with Crippen molar-refractivity contribution in [3.8, 4) is 11.5 Å². The fourth-order valence-corrected chi connectivity index (χ4v) is 5.15. The number of carbonyl (C=O) groups is 2. The summed E-state index contributed by atoms with van der Waals surface area (Å²) in [5.41, 5.74) is 4.24. The molecule has 2 aliphatic heterocycles. The second-order valence-corrected chi connectivity index (χ2v) is 9.39. The molecule has 33 heavy (non-hydrogen) atoms. The Hall–Kier alpha value is -3.45. The Bertz CT molecular complexity index is 1210. The van der Waals surface area contributed by atoms with Crippen LogP contribution in [0.3, 0.4) is 0 Å². The number of amides is 2. The average Bonchev–Trinajstić information content (AvgIpc) is 3.45. The van der Waals surface area contributed by atoms with Crippen molar-refractivity contribution in [1.29, 1.82) is 0 Å². The molecular weight excluding hydrogens is 436 g/mol. The maximum atomic E-state index is 12.8. The molecule has 1 fully saturated rings. The van der Waals surface area contributed by atoms with Gasteiger partial charge in [-0.25, -0.2) is 0 Å². The van der Waals surface area contributed by atoms with Crippen LogP contribution >= 0.6 is 11.8 Å². The van der Waals surface area contributed by atoms with Gasteiger partial charge >= 0.3 is 0 Å². The lowest BCUT2D eigenvalue weighted by Crippen LogP contribution is -2.27. The standard InChI is InChI=1S/C26H24N2O4S/c1-16(2)17-6-9-21(10-7-17)28-24(29)14-33-26(28)19-4-3-5-20(12-19)27-25(30)18-8-11-22-23(13-18)32-15-31-22/h3-13,16,26H,14-15H2,1-2H3,(H,27,30)/t26-/m1/s1. The fraction of sp³-hybridized carbons (Fsp3) is 0.231. The van der Waals surface area contributed by atoms with Crippen LogP contribution in [0.1, 0.15) is 46.6 Å². The Morgan fingerprint density at radius 3 is 2.61 bits per heavy atom. The van der Waals surface area contributed by atoms with Crippen molar-refractivity contribution >= 4 is 35.0 Å². The van der Waals surface area contributed by atoms with Crippen LogP contribution in [0.15, 0.2) is 66.7 Å². The van der Waals surface area contributed by atoms with Crippen molar-refractivity contribution in [3.63, 3.8) is 0 Å². The summed E-state index contributed by atoms with van der Waals surface area (Å²) < 4.78 is 10.7. The minimum absolute atomic E-state index is 0.0806. The zero-order valence-electron chi connectivity index (χ0n) is 18.4. The monoisotopic (exact) mass is 460 g/mol. The molecule has 2 amide bonds. The Morgan fingerprint density at radius 1 is 1.03 bits per heavy atom. The van der Waals surface area contributed by atoms with Crippen LogP contribution in [0, 0.1) is 0 Å². The summed E-state index contributed by atoms with van der Waals surface area (Å²) in [5.74, 6) is 1.90. The molecule has 0 aliphatic carbocycles. The number of thioether (sulfide) groups is 1. The number of rotatable bonds is 5. The van der Waals surface area contributed by atoms with Crippen LogP contribution in [-0.2, 0) is 4.79 Å². The summed E-state index contributed by atoms with van der Waals surface area (Å²) in [5, 5.41) is 2.80. The number of nitrogens with one attached hydrogen (secondary N) is 1. The molecule has 0 saturated carbocycles. The summed E-state index contributed by atoms with van der Waals surface area (Å²) in [6, 6.07) is 21.0. The van der Waals surface area contributed by atoms with E-state index in [4.69, 9.17) is 9.47 Å². The number of hydrogen-bond acceptors (Lipinski definition) is 5. The largest absolute Gasteiger partial charge is 0.454 e. The number of ether oxygens (including phenoxy) is 2. The van der Waals surface area contributed by atoms with Crippen LogP contribution in [0.25, 0.3) is 0 Å². The molecule has 2 aliphatic rings. The number of anilines is 2. The SMILES string of the molecule is CC(C)c1ccc(N2C(=O)CS[C@@H]2c2cccc(NC(=O)c3ccc4c(c3)OCO4)c2)cc1. The van der Waals surface area contributed by atoms with Crippen molar-refractivity contribution in [2.24, 2.45) is 0 Å². The van der Waals surface area contributed by atoms with Gasteiger partial charge < -0.3 is 14.8 Å². The number of hydrogen-bond donors (Lipinski definition) is 1. The molecule has 0 bridgehead atoms. The van der Waals surface area contributed by atoms with Gasteiger partial charge in [-0.1, -0.05) is 38.1 Å². The van der Waals surface area contributed by atoms with Crippen molar-refractivity contribution in [2.75, 3.05) is 22.8 Å². The number of benzene rings is 3. The van der Waals surface area contributed by atoms with Gasteiger partial charge in [0.2, 0.25) is 12.7 Å². The molecule has 0 aromatic heterocycles. The first-order valence-electron chi connectivity index (χ1n) is 10.8. The fourth-order valence-electron chi connectivity index (χ4n) is 3.98. The Morgan fingerprint density at radius 2 is 1.82 bits per heavy atom. The van der Waals surface area contributed by atoms with E-state index in [0.717, 1.165) is 11.3 Å². The van der Waals surface area contributed by atoms with E-state index >= 15 is 0 Å². The van der Waals surface area contributed by atoms with Crippen LogP contribution in [0.5, 0.6) is 11.5 Å². The maximum Gasteiger partial charge on any atom is 0.255 e. The topological polar surface area (TPSA) is 67.9 Å². The normalized spacial score (nSPS) is 17.0. The van der Waals surface area contributed by atoms with Gasteiger partial charge in [0.15, 0.2) is 11.5 Å². The molecule has 7 heteroatoms. The second-order valence-electron chi connectivity index (χ2n) is 8.32. The van der Waals surface area contributed by atoms with Gasteiger partial charge in [-0.2, -0.15) is 0 Å². The minimum Gasteiger partial charge on any atom is -0.454 e. The molecule has 2 heterocycles. The highest BCUT2D eigenvalue weighted by Crippen LogP contribution is 2.42. The highest BCUT2D eigenvalue weighted by Gasteiger charge is 2.34. The van der Waals surface area contributed by atoms with Gasteiger partial charge in [-0.15, -0.1) is 11.8 Å². The molecule has 3 aromatic rings. The first-order valence-corrected chi connectivity index (χ1v) is 11.9. The smallest absolute Gasteiger partial charge is 0.255 e. The average molecular weight is 461 g/mol. The lowest BCUT2D eigenvalue weighted by atomic mass is 10.0. The van der Waals surface area contributed by atoms with Crippen LogP contribution in [0.4, 0.5) is 11.4 Å². The van der Waals surface area contributed by atoms with E-state index in [1.165, 1.54) is 5.56 Å². The lowest BCUT2D eigenvalue weighted by Gasteiger charge is -2.25. The van der Waals surface area contributed by atoms with E-state index in [-0.39, 0.29) is 24.0 Å². The summed E-state index contributed by atoms with van der Waals surface area (Å²) in [7, 11) is 0. The number of carbonyl (C=O) groups excluding carboxylic acids is 2. The van der Waals surface area contributed by atoms with Crippen molar-refractivity contribution in [3.05, 3.63) is 83.4 Å². The molecule has 0 unspecified atom stereocenters. The number of nitrogens with zero attached hydrogens (tertiary/aromatic N) is 1. The predicted octanol–water partition coefficient (Wildman–Crippen LogP) is 5.57. The van der Waals surface area contributed by atoms with E-state index in [2.05, 4.69) is 31.3 Å². The molecule has 168 valence electrons. The van der Waals surface area contributed by atoms with Gasteiger partial charge in [0, 0.05) is 16.9 Å². The van der Waals surface area contributed by atoms with Crippen LogP contribution < -0.4 is 19.7 Å². The second kappa shape index (κ2) is 8.83. The Balaban J connectivity index is 1.36. The molecular formula is C26H24N2O4S. The summed E-state index contributed by atoms with van der Waals surface area (Å²) in [6.45, 7) is 4.47. The van der Waals surface area contributed by atoms with Crippen molar-refractivity contribution in [1.82, 2.24) is 0 Å². The first-order chi connectivity index (χ1) is 16.0. The van der Waals surface area contributed by atoms with Crippen molar-refractivity contribution < 1.29 is 19.1 Å². The van der Waals surface area contributed by atoms with Gasteiger partial charge in [0.25, 0.3) is 5.91 Å². The zero-order chi connectivity index (χ0) is 22.9. The highest BCUT2D eigenvalue weighted by molar-refractivity contribution is 8.00. The summed E-state index contributed by atoms with van der Waals surface area (Å²) in [4.78, 5) is 27.4. The lowest BCUT2D eigenvalue weighted by molar-refractivity contribution is -0.115. The van der Waals surface area contributed by atoms with E-state index in [1.807, 2.05) is 41.3 Å². The predicted molar refractivity (Wildman–Crippen MR) is 130 cm³/mol. The molecule has 6 nitrogen and oxygen atoms in total. The van der Waals surface area contributed by atoms with E-state index in [0.29, 0.717) is 34.4 Å². The summed E-state index contributed by atoms with van der Waals surface area (Å²) >= 11 is 1.59. The molecule has 1 atom stereocenters. The first kappa shape index (κ1) is 21.4. The molecule has 0 radical (unpaired) electrons. The Labute approximate surface area is 196 Å². The third-order valence-corrected chi connectivity index (χ3v) is 6.98. The van der Waals surface area contributed by atoms with Crippen molar-refractivity contribution in [2.45, 2.75) is 25.1 Å². The molecule has 0 spiro atoms. The van der Waals surface area contributed by atoms with Gasteiger partial charge in [0.05, 0.1) is 5.75 Å². The van der Waals surface area contributed by atoms with Crippen LogP contribution in [-0.4, -0.2) is 24.4 Å². The van der Waals surface area contributed by atoms with Gasteiger partial charge in [-0.3, -0.25) is 14.5 Å². The molecule has 1 N–H and O–H groups in total. The third kappa shape index (κ3) is 4.28. The third-order valence-electron chi connectivity index (χ3n) is 5.77. The maximum absolute atomic E-state index is 12.8. The summed E-state index contributed by atoms with van der Waals surface area (Å²) in [6.07, 6.45) is 0. The van der Waals surface area contributed by atoms with Crippen LogP contribution in [0.2, 0.25) is 0 Å². The number of fused-ring (bicyclic) bond motifs is 1. The van der Waals surface area contributed by atoms with Gasteiger partial charge in [-0.05, 0) is 59.5 Å². The highest BCUT2D eigenvalue weighted by atomic mass is 32.2. The van der Waals surface area contributed by atoms with E-state index in [9.17, 15) is 9.59 Å². The van der Waals surface area contributed by atoms with Gasteiger partial charge in [0.1, 0.15) is 5.37 Å².